The molecule has 1 aromatic carbocycles. The number of nitrogens with two attached hydrogens (primary N) is 1. The number of nitrogens with zero attached hydrogens (tertiary/aromatic N) is 3. The van der Waals surface area contributed by atoms with Crippen LogP contribution in [0.25, 0.3) is 22.3 Å². The van der Waals surface area contributed by atoms with Crippen molar-refractivity contribution in [3.05, 3.63) is 36.4 Å². The van der Waals surface area contributed by atoms with Crippen LogP contribution in [0.1, 0.15) is 13.8 Å². The van der Waals surface area contributed by atoms with Gasteiger partial charge in [0.25, 0.3) is 0 Å². The van der Waals surface area contributed by atoms with E-state index in [-0.39, 0.29) is 17.8 Å². The number of hydrogen-bond acceptors (Lipinski definition) is 7. The minimum absolute atomic E-state index is 0.0157. The quantitative estimate of drug-likeness (QED) is 0.540. The summed E-state index contributed by atoms with van der Waals surface area (Å²) < 4.78 is 5.06. The summed E-state index contributed by atoms with van der Waals surface area (Å²) in [6, 6.07) is 11.3. The average Bonchev–Trinajstić information content (AvgIpc) is 2.68. The molecule has 0 bridgehead atoms. The van der Waals surface area contributed by atoms with Crippen LogP contribution in [0.4, 0.5) is 17.5 Å². The minimum atomic E-state index is -0.0710. The number of rotatable bonds is 7. The second kappa shape index (κ2) is 8.62. The molecule has 0 unspecified atom stereocenters. The number of carbonyl (C=O) groups is 1. The Labute approximate surface area is 163 Å². The first-order valence-electron chi connectivity index (χ1n) is 9.06. The fourth-order valence-corrected chi connectivity index (χ4v) is 2.60. The predicted octanol–water partition coefficient (Wildman–Crippen LogP) is 2.93. The summed E-state index contributed by atoms with van der Waals surface area (Å²) in [4.78, 5) is 25.0. The first-order valence-corrected chi connectivity index (χ1v) is 9.06. The maximum Gasteiger partial charge on any atom is 0.226 e. The molecule has 0 spiro atoms. The van der Waals surface area contributed by atoms with E-state index in [1.165, 1.54) is 0 Å². The number of nitrogen functional groups attached to an aromatic ring is 1. The monoisotopic (exact) mass is 380 g/mol. The third-order valence-corrected chi connectivity index (χ3v) is 4.13. The molecule has 0 fully saturated rings. The molecule has 0 saturated carbocycles. The Bertz CT molecular complexity index is 972. The Kier molecular flexibility index (Phi) is 6.00. The number of pyridine rings is 1. The van der Waals surface area contributed by atoms with Crippen molar-refractivity contribution in [2.75, 3.05) is 36.6 Å². The molecule has 0 aliphatic rings. The van der Waals surface area contributed by atoms with Crippen molar-refractivity contribution < 1.29 is 9.53 Å². The van der Waals surface area contributed by atoms with E-state index in [4.69, 9.17) is 15.5 Å². The summed E-state index contributed by atoms with van der Waals surface area (Å²) in [6.07, 6.45) is 0. The molecule has 4 N–H and O–H groups in total. The number of amides is 1. The number of aromatic nitrogens is 3. The Hall–Kier alpha value is -3.26. The summed E-state index contributed by atoms with van der Waals surface area (Å²) in [5.41, 5.74) is 9.55. The van der Waals surface area contributed by atoms with Gasteiger partial charge >= 0.3 is 0 Å². The van der Waals surface area contributed by atoms with Crippen molar-refractivity contribution in [3.63, 3.8) is 0 Å². The molecule has 0 radical (unpaired) electrons. The van der Waals surface area contributed by atoms with Gasteiger partial charge in [-0.2, -0.15) is 4.98 Å². The largest absolute Gasteiger partial charge is 0.383 e. The van der Waals surface area contributed by atoms with Gasteiger partial charge in [-0.3, -0.25) is 4.79 Å². The third kappa shape index (κ3) is 4.52. The second-order valence-corrected chi connectivity index (χ2v) is 6.64. The highest BCUT2D eigenvalue weighted by Crippen LogP contribution is 2.25. The lowest BCUT2D eigenvalue weighted by atomic mass is 10.1. The van der Waals surface area contributed by atoms with E-state index in [1.54, 1.807) is 7.11 Å². The number of benzene rings is 1. The van der Waals surface area contributed by atoms with Gasteiger partial charge in [-0.1, -0.05) is 26.0 Å². The third-order valence-electron chi connectivity index (χ3n) is 4.13. The number of methoxy groups -OCH3 is 1. The van der Waals surface area contributed by atoms with E-state index >= 15 is 0 Å². The molecule has 8 heteroatoms. The number of nitrogens with one attached hydrogen (secondary N) is 2. The standard InChI is InChI=1S/C20H24N6O2/c1-12(2)19(27)23-14-6-4-13(5-7-14)15-8-9-16-17(24-15)18(22-10-11-28-3)26-20(21)25-16/h4-9,12H,10-11H2,1-3H3,(H,23,27)(H3,21,22,25,26). The van der Waals surface area contributed by atoms with E-state index in [2.05, 4.69) is 20.6 Å². The van der Waals surface area contributed by atoms with E-state index in [0.717, 1.165) is 16.9 Å². The van der Waals surface area contributed by atoms with Crippen LogP contribution in [0.2, 0.25) is 0 Å². The highest BCUT2D eigenvalue weighted by molar-refractivity contribution is 5.92. The molecule has 8 nitrogen and oxygen atoms in total. The SMILES string of the molecule is COCCNc1nc(N)nc2ccc(-c3ccc(NC(=O)C(C)C)cc3)nc12. The van der Waals surface area contributed by atoms with Crippen LogP contribution in [0, 0.1) is 5.92 Å². The van der Waals surface area contributed by atoms with Gasteiger partial charge in [0.1, 0.15) is 5.52 Å². The van der Waals surface area contributed by atoms with Crippen molar-refractivity contribution in [1.29, 1.82) is 0 Å². The van der Waals surface area contributed by atoms with Crippen molar-refractivity contribution in [2.24, 2.45) is 5.92 Å². The van der Waals surface area contributed by atoms with E-state index < -0.39 is 0 Å². The predicted molar refractivity (Wildman–Crippen MR) is 111 cm³/mol. The Morgan fingerprint density at radius 2 is 1.86 bits per heavy atom. The van der Waals surface area contributed by atoms with Crippen LogP contribution in [-0.4, -0.2) is 41.1 Å². The van der Waals surface area contributed by atoms with Gasteiger partial charge in [0, 0.05) is 30.8 Å². The number of anilines is 3. The molecule has 3 rings (SSSR count). The van der Waals surface area contributed by atoms with E-state index in [0.29, 0.717) is 30.0 Å². The zero-order valence-corrected chi connectivity index (χ0v) is 16.2. The fourth-order valence-electron chi connectivity index (χ4n) is 2.60. The van der Waals surface area contributed by atoms with E-state index in [9.17, 15) is 4.79 Å². The van der Waals surface area contributed by atoms with Crippen molar-refractivity contribution >= 4 is 34.4 Å². The lowest BCUT2D eigenvalue weighted by Gasteiger charge is -2.11. The van der Waals surface area contributed by atoms with Crippen LogP contribution in [0.5, 0.6) is 0 Å². The van der Waals surface area contributed by atoms with Gasteiger partial charge in [0.05, 0.1) is 17.8 Å². The van der Waals surface area contributed by atoms with Crippen molar-refractivity contribution in [1.82, 2.24) is 15.0 Å². The molecule has 0 saturated heterocycles. The number of carbonyl (C=O) groups excluding carboxylic acids is 1. The molecule has 28 heavy (non-hydrogen) atoms. The number of ether oxygens (including phenoxy) is 1. The van der Waals surface area contributed by atoms with Crippen LogP contribution < -0.4 is 16.4 Å². The summed E-state index contributed by atoms with van der Waals surface area (Å²) in [7, 11) is 1.64. The zero-order valence-electron chi connectivity index (χ0n) is 16.2. The average molecular weight is 380 g/mol. The van der Waals surface area contributed by atoms with Gasteiger partial charge in [0.2, 0.25) is 11.9 Å². The normalized spacial score (nSPS) is 11.0. The van der Waals surface area contributed by atoms with Crippen LogP contribution in [0.3, 0.4) is 0 Å². The summed E-state index contributed by atoms with van der Waals surface area (Å²) in [6.45, 7) is 4.83. The van der Waals surface area contributed by atoms with Gasteiger partial charge in [-0.25, -0.2) is 9.97 Å². The fraction of sp³-hybridized carbons (Fsp3) is 0.300. The summed E-state index contributed by atoms with van der Waals surface area (Å²) >= 11 is 0. The highest BCUT2D eigenvalue weighted by Gasteiger charge is 2.11. The van der Waals surface area contributed by atoms with Gasteiger partial charge in [-0.15, -0.1) is 0 Å². The van der Waals surface area contributed by atoms with E-state index in [1.807, 2.05) is 50.2 Å². The maximum absolute atomic E-state index is 11.8. The Morgan fingerprint density at radius 1 is 1.11 bits per heavy atom. The first-order chi connectivity index (χ1) is 13.5. The summed E-state index contributed by atoms with van der Waals surface area (Å²) in [5.74, 6) is 0.672. The molecule has 146 valence electrons. The lowest BCUT2D eigenvalue weighted by Crippen LogP contribution is -2.17. The molecule has 0 atom stereocenters. The van der Waals surface area contributed by atoms with Crippen molar-refractivity contribution in [2.45, 2.75) is 13.8 Å². The summed E-state index contributed by atoms with van der Waals surface area (Å²) in [5, 5.41) is 6.06. The minimum Gasteiger partial charge on any atom is -0.383 e. The highest BCUT2D eigenvalue weighted by atomic mass is 16.5. The molecule has 3 aromatic rings. The molecular weight excluding hydrogens is 356 g/mol. The molecule has 0 aliphatic carbocycles. The van der Waals surface area contributed by atoms with Gasteiger partial charge < -0.3 is 21.1 Å². The maximum atomic E-state index is 11.8. The van der Waals surface area contributed by atoms with Gasteiger partial charge in [0.15, 0.2) is 5.82 Å². The van der Waals surface area contributed by atoms with Crippen LogP contribution in [-0.2, 0) is 9.53 Å². The molecule has 0 aliphatic heterocycles. The lowest BCUT2D eigenvalue weighted by molar-refractivity contribution is -0.118. The zero-order chi connectivity index (χ0) is 20.1. The van der Waals surface area contributed by atoms with Crippen LogP contribution >= 0.6 is 0 Å². The van der Waals surface area contributed by atoms with Crippen LogP contribution in [0.15, 0.2) is 36.4 Å². The Morgan fingerprint density at radius 3 is 2.54 bits per heavy atom. The Balaban J connectivity index is 1.89. The van der Waals surface area contributed by atoms with Gasteiger partial charge in [-0.05, 0) is 24.3 Å². The molecule has 2 heterocycles. The molecular formula is C20H24N6O2. The smallest absolute Gasteiger partial charge is 0.226 e. The second-order valence-electron chi connectivity index (χ2n) is 6.64. The van der Waals surface area contributed by atoms with Crippen molar-refractivity contribution in [3.8, 4) is 11.3 Å². The molecule has 1 amide bonds. The number of fused-ring (bicyclic) bond motifs is 1. The first kappa shape index (κ1) is 19.5. The number of hydrogen-bond donors (Lipinski definition) is 3. The molecule has 2 aromatic heterocycles. The topological polar surface area (TPSA) is 115 Å².